The Hall–Kier alpha value is -0.860. The standard InChI is InChI=1S/C18H32N2/c1-14(2)15(3)20(7)13-17-10-8-9-16(11-17)12-19-18(4,5)6/h8-11,14-15,19H,12-13H2,1-7H3. The van der Waals surface area contributed by atoms with Crippen LogP contribution in [0.5, 0.6) is 0 Å². The molecular formula is C18H32N2. The van der Waals surface area contributed by atoms with Gasteiger partial charge in [0.15, 0.2) is 0 Å². The molecule has 0 aliphatic heterocycles. The van der Waals surface area contributed by atoms with Crippen molar-refractivity contribution in [2.24, 2.45) is 5.92 Å². The third-order valence-corrected chi connectivity index (χ3v) is 3.91. The summed E-state index contributed by atoms with van der Waals surface area (Å²) in [5.74, 6) is 0.686. The minimum absolute atomic E-state index is 0.166. The Balaban J connectivity index is 2.64. The summed E-state index contributed by atoms with van der Waals surface area (Å²) >= 11 is 0. The number of nitrogens with one attached hydrogen (secondary N) is 1. The van der Waals surface area contributed by atoms with Crippen molar-refractivity contribution in [1.82, 2.24) is 10.2 Å². The van der Waals surface area contributed by atoms with Gasteiger partial charge in [0.2, 0.25) is 0 Å². The van der Waals surface area contributed by atoms with Crippen LogP contribution in [0.15, 0.2) is 24.3 Å². The van der Waals surface area contributed by atoms with Crippen LogP contribution in [0.25, 0.3) is 0 Å². The van der Waals surface area contributed by atoms with Gasteiger partial charge in [-0.1, -0.05) is 38.1 Å². The van der Waals surface area contributed by atoms with Crippen molar-refractivity contribution in [1.29, 1.82) is 0 Å². The van der Waals surface area contributed by atoms with E-state index in [1.54, 1.807) is 0 Å². The van der Waals surface area contributed by atoms with E-state index in [1.807, 2.05) is 0 Å². The second kappa shape index (κ2) is 7.24. The molecule has 0 aliphatic rings. The Bertz CT molecular complexity index is 404. The van der Waals surface area contributed by atoms with E-state index >= 15 is 0 Å². The first-order valence-electron chi connectivity index (χ1n) is 7.72. The summed E-state index contributed by atoms with van der Waals surface area (Å²) in [7, 11) is 2.21. The molecule has 2 nitrogen and oxygen atoms in total. The SMILES string of the molecule is CC(C)C(C)N(C)Cc1cccc(CNC(C)(C)C)c1. The average Bonchev–Trinajstić information content (AvgIpc) is 2.35. The second-order valence-corrected chi connectivity index (χ2v) is 7.32. The zero-order chi connectivity index (χ0) is 15.3. The molecule has 1 aromatic carbocycles. The van der Waals surface area contributed by atoms with Gasteiger partial charge in [0.25, 0.3) is 0 Å². The molecule has 1 unspecified atom stereocenters. The van der Waals surface area contributed by atoms with E-state index in [4.69, 9.17) is 0 Å². The van der Waals surface area contributed by atoms with Crippen molar-refractivity contribution in [3.63, 3.8) is 0 Å². The van der Waals surface area contributed by atoms with Gasteiger partial charge < -0.3 is 5.32 Å². The smallest absolute Gasteiger partial charge is 0.0233 e. The number of rotatable bonds is 6. The Morgan fingerprint density at radius 1 is 1.10 bits per heavy atom. The Morgan fingerprint density at radius 2 is 1.70 bits per heavy atom. The summed E-state index contributed by atoms with van der Waals surface area (Å²) in [4.78, 5) is 2.43. The van der Waals surface area contributed by atoms with Crippen LogP contribution in [0.1, 0.15) is 52.7 Å². The van der Waals surface area contributed by atoms with Crippen LogP contribution in [0, 0.1) is 5.92 Å². The maximum Gasteiger partial charge on any atom is 0.0233 e. The van der Waals surface area contributed by atoms with E-state index in [0.29, 0.717) is 12.0 Å². The van der Waals surface area contributed by atoms with Crippen molar-refractivity contribution in [2.45, 2.75) is 66.2 Å². The van der Waals surface area contributed by atoms with E-state index in [-0.39, 0.29) is 5.54 Å². The highest BCUT2D eigenvalue weighted by Crippen LogP contribution is 2.14. The van der Waals surface area contributed by atoms with Crippen LogP contribution in [-0.4, -0.2) is 23.5 Å². The summed E-state index contributed by atoms with van der Waals surface area (Å²) in [5.41, 5.74) is 2.93. The zero-order valence-electron chi connectivity index (χ0n) is 14.3. The van der Waals surface area contributed by atoms with Gasteiger partial charge in [0, 0.05) is 24.7 Å². The van der Waals surface area contributed by atoms with Crippen molar-refractivity contribution in [2.75, 3.05) is 7.05 Å². The number of hydrogen-bond donors (Lipinski definition) is 1. The predicted molar refractivity (Wildman–Crippen MR) is 88.8 cm³/mol. The van der Waals surface area contributed by atoms with E-state index in [0.717, 1.165) is 13.1 Å². The van der Waals surface area contributed by atoms with Crippen LogP contribution in [0.2, 0.25) is 0 Å². The van der Waals surface area contributed by atoms with Gasteiger partial charge in [-0.3, -0.25) is 4.90 Å². The normalized spacial score (nSPS) is 14.1. The number of nitrogens with zero attached hydrogens (tertiary/aromatic N) is 1. The summed E-state index contributed by atoms with van der Waals surface area (Å²) in [6, 6.07) is 9.52. The lowest BCUT2D eigenvalue weighted by Gasteiger charge is -2.28. The van der Waals surface area contributed by atoms with Gasteiger partial charge in [-0.15, -0.1) is 0 Å². The van der Waals surface area contributed by atoms with E-state index in [2.05, 4.69) is 83.1 Å². The fraction of sp³-hybridized carbons (Fsp3) is 0.667. The molecule has 114 valence electrons. The molecule has 1 rings (SSSR count). The van der Waals surface area contributed by atoms with Crippen LogP contribution in [0.3, 0.4) is 0 Å². The summed E-state index contributed by atoms with van der Waals surface area (Å²) < 4.78 is 0. The minimum atomic E-state index is 0.166. The molecule has 0 saturated carbocycles. The first kappa shape index (κ1) is 17.2. The van der Waals surface area contributed by atoms with E-state index in [9.17, 15) is 0 Å². The highest BCUT2D eigenvalue weighted by atomic mass is 15.1. The van der Waals surface area contributed by atoms with Gasteiger partial charge in [-0.2, -0.15) is 0 Å². The molecule has 0 bridgehead atoms. The molecule has 0 radical (unpaired) electrons. The molecule has 0 heterocycles. The van der Waals surface area contributed by atoms with Crippen molar-refractivity contribution in [3.8, 4) is 0 Å². The van der Waals surface area contributed by atoms with Gasteiger partial charge in [-0.25, -0.2) is 0 Å². The molecule has 1 atom stereocenters. The summed E-state index contributed by atoms with van der Waals surface area (Å²) in [5, 5.41) is 3.55. The van der Waals surface area contributed by atoms with Crippen molar-refractivity contribution < 1.29 is 0 Å². The number of hydrogen-bond acceptors (Lipinski definition) is 2. The van der Waals surface area contributed by atoms with Crippen molar-refractivity contribution in [3.05, 3.63) is 35.4 Å². The highest BCUT2D eigenvalue weighted by Gasteiger charge is 2.13. The Labute approximate surface area is 125 Å². The monoisotopic (exact) mass is 276 g/mol. The minimum Gasteiger partial charge on any atom is -0.308 e. The fourth-order valence-electron chi connectivity index (χ4n) is 2.15. The molecule has 0 fully saturated rings. The molecule has 1 N–H and O–H groups in total. The van der Waals surface area contributed by atoms with Crippen LogP contribution in [-0.2, 0) is 13.1 Å². The molecule has 0 spiro atoms. The third-order valence-electron chi connectivity index (χ3n) is 3.91. The molecule has 0 amide bonds. The highest BCUT2D eigenvalue weighted by molar-refractivity contribution is 5.23. The molecule has 20 heavy (non-hydrogen) atoms. The first-order chi connectivity index (χ1) is 9.19. The van der Waals surface area contributed by atoms with Gasteiger partial charge in [-0.05, 0) is 51.8 Å². The molecule has 0 aliphatic carbocycles. The predicted octanol–water partition coefficient (Wildman–Crippen LogP) is 4.05. The molecular weight excluding hydrogens is 244 g/mol. The average molecular weight is 276 g/mol. The number of benzene rings is 1. The summed E-state index contributed by atoms with van der Waals surface area (Å²) in [6.07, 6.45) is 0. The fourth-order valence-corrected chi connectivity index (χ4v) is 2.15. The molecule has 0 aromatic heterocycles. The molecule has 2 heteroatoms. The van der Waals surface area contributed by atoms with Crippen LogP contribution < -0.4 is 5.32 Å². The van der Waals surface area contributed by atoms with E-state index < -0.39 is 0 Å². The van der Waals surface area contributed by atoms with Crippen molar-refractivity contribution >= 4 is 0 Å². The first-order valence-corrected chi connectivity index (χ1v) is 7.72. The largest absolute Gasteiger partial charge is 0.308 e. The topological polar surface area (TPSA) is 15.3 Å². The van der Waals surface area contributed by atoms with Gasteiger partial charge in [0.1, 0.15) is 0 Å². The maximum absolute atomic E-state index is 3.55. The quantitative estimate of drug-likeness (QED) is 0.843. The second-order valence-electron chi connectivity index (χ2n) is 7.32. The lowest BCUT2D eigenvalue weighted by molar-refractivity contribution is 0.200. The Kier molecular flexibility index (Phi) is 6.22. The third kappa shape index (κ3) is 6.06. The maximum atomic E-state index is 3.55. The molecule has 0 saturated heterocycles. The van der Waals surface area contributed by atoms with E-state index in [1.165, 1.54) is 11.1 Å². The van der Waals surface area contributed by atoms with Gasteiger partial charge >= 0.3 is 0 Å². The summed E-state index contributed by atoms with van der Waals surface area (Å²) in [6.45, 7) is 15.4. The zero-order valence-corrected chi connectivity index (χ0v) is 14.3. The van der Waals surface area contributed by atoms with Gasteiger partial charge in [0.05, 0.1) is 0 Å². The van der Waals surface area contributed by atoms with Crippen LogP contribution in [0.4, 0.5) is 0 Å². The lowest BCUT2D eigenvalue weighted by Crippen LogP contribution is -2.35. The molecule has 1 aromatic rings. The Morgan fingerprint density at radius 3 is 2.25 bits per heavy atom. The van der Waals surface area contributed by atoms with Crippen LogP contribution >= 0.6 is 0 Å². The lowest BCUT2D eigenvalue weighted by atomic mass is 10.0.